The number of benzene rings is 1. The van der Waals surface area contributed by atoms with Crippen molar-refractivity contribution in [3.63, 3.8) is 0 Å². The van der Waals surface area contributed by atoms with Crippen LogP contribution in [0.4, 0.5) is 0 Å². The third-order valence-corrected chi connectivity index (χ3v) is 3.81. The predicted molar refractivity (Wildman–Crippen MR) is 93.3 cm³/mol. The molecule has 0 aliphatic heterocycles. The molecule has 1 N–H and O–H groups in total. The predicted octanol–water partition coefficient (Wildman–Crippen LogP) is 2.69. The van der Waals surface area contributed by atoms with E-state index < -0.39 is 0 Å². The number of hydrogen-bond acceptors (Lipinski definition) is 3. The minimum Gasteiger partial charge on any atom is -0.484 e. The van der Waals surface area contributed by atoms with Gasteiger partial charge in [-0.2, -0.15) is 0 Å². The molecule has 0 fully saturated rings. The van der Waals surface area contributed by atoms with Crippen molar-refractivity contribution in [2.75, 3.05) is 13.2 Å². The molecule has 0 saturated carbocycles. The van der Waals surface area contributed by atoms with Crippen molar-refractivity contribution in [3.05, 3.63) is 65.6 Å². The van der Waals surface area contributed by atoms with E-state index >= 15 is 0 Å². The highest BCUT2D eigenvalue weighted by Gasteiger charge is 2.06. The first-order chi connectivity index (χ1) is 11.6. The van der Waals surface area contributed by atoms with E-state index in [2.05, 4.69) is 10.3 Å². The van der Waals surface area contributed by atoms with Gasteiger partial charge in [0, 0.05) is 25.4 Å². The molecule has 3 aromatic rings. The van der Waals surface area contributed by atoms with Crippen molar-refractivity contribution in [2.24, 2.45) is 0 Å². The molecule has 0 bridgehead atoms. The van der Waals surface area contributed by atoms with Crippen LogP contribution in [0, 0.1) is 13.8 Å². The van der Waals surface area contributed by atoms with Crippen LogP contribution in [0.1, 0.15) is 16.8 Å². The highest BCUT2D eigenvalue weighted by Crippen LogP contribution is 2.18. The van der Waals surface area contributed by atoms with Gasteiger partial charge in [0.1, 0.15) is 11.4 Å². The maximum atomic E-state index is 11.9. The van der Waals surface area contributed by atoms with E-state index in [1.165, 1.54) is 5.56 Å². The fourth-order valence-corrected chi connectivity index (χ4v) is 2.59. The van der Waals surface area contributed by atoms with Gasteiger partial charge in [-0.25, -0.2) is 4.98 Å². The fourth-order valence-electron chi connectivity index (χ4n) is 2.59. The van der Waals surface area contributed by atoms with E-state index in [1.54, 1.807) is 0 Å². The minimum absolute atomic E-state index is 0.0229. The van der Waals surface area contributed by atoms with Crippen LogP contribution in [-0.2, 0) is 11.2 Å². The van der Waals surface area contributed by atoms with Crippen molar-refractivity contribution in [3.8, 4) is 5.75 Å². The van der Waals surface area contributed by atoms with Crippen molar-refractivity contribution in [2.45, 2.75) is 20.3 Å². The van der Waals surface area contributed by atoms with Crippen LogP contribution in [0.25, 0.3) is 5.65 Å². The molecule has 0 aliphatic rings. The molecular formula is C19H21N3O2. The summed E-state index contributed by atoms with van der Waals surface area (Å²) in [6.07, 6.45) is 4.63. The molecule has 1 amide bonds. The zero-order chi connectivity index (χ0) is 16.9. The molecule has 0 saturated heterocycles. The van der Waals surface area contributed by atoms with E-state index in [-0.39, 0.29) is 12.5 Å². The molecule has 24 heavy (non-hydrogen) atoms. The van der Waals surface area contributed by atoms with Gasteiger partial charge in [-0.1, -0.05) is 23.8 Å². The van der Waals surface area contributed by atoms with Crippen LogP contribution in [0.15, 0.2) is 48.8 Å². The lowest BCUT2D eigenvalue weighted by molar-refractivity contribution is -0.123. The third-order valence-electron chi connectivity index (χ3n) is 3.81. The molecule has 3 rings (SSSR count). The topological polar surface area (TPSA) is 55.6 Å². The molecule has 0 spiro atoms. The van der Waals surface area contributed by atoms with Crippen LogP contribution in [-0.4, -0.2) is 28.4 Å². The number of ether oxygens (including phenoxy) is 1. The number of nitrogens with zero attached hydrogens (tertiary/aromatic N) is 2. The average Bonchev–Trinajstić information content (AvgIpc) is 2.96. The SMILES string of the molecule is Cc1ccc(OCC(=O)NCCc2cn3ccccc3n2)c(C)c1. The molecule has 124 valence electrons. The van der Waals surface area contributed by atoms with Gasteiger partial charge in [0.05, 0.1) is 5.69 Å². The molecule has 0 aliphatic carbocycles. The standard InChI is InChI=1S/C19H21N3O2/c1-14-6-7-17(15(2)11-14)24-13-19(23)20-9-8-16-12-22-10-4-3-5-18(22)21-16/h3-7,10-12H,8-9,13H2,1-2H3,(H,20,23). The summed E-state index contributed by atoms with van der Waals surface area (Å²) in [4.78, 5) is 16.4. The van der Waals surface area contributed by atoms with Crippen molar-refractivity contribution in [1.29, 1.82) is 0 Å². The monoisotopic (exact) mass is 323 g/mol. The number of amides is 1. The van der Waals surface area contributed by atoms with Crippen LogP contribution < -0.4 is 10.1 Å². The van der Waals surface area contributed by atoms with Gasteiger partial charge in [0.15, 0.2) is 6.61 Å². The molecule has 2 heterocycles. The van der Waals surface area contributed by atoms with Gasteiger partial charge >= 0.3 is 0 Å². The largest absolute Gasteiger partial charge is 0.484 e. The Balaban J connectivity index is 1.45. The first-order valence-electron chi connectivity index (χ1n) is 8.01. The number of carbonyl (C=O) groups is 1. The van der Waals surface area contributed by atoms with Gasteiger partial charge in [0.2, 0.25) is 0 Å². The summed E-state index contributed by atoms with van der Waals surface area (Å²) >= 11 is 0. The average molecular weight is 323 g/mol. The lowest BCUT2D eigenvalue weighted by Crippen LogP contribution is -2.30. The Morgan fingerprint density at radius 1 is 1.25 bits per heavy atom. The summed E-state index contributed by atoms with van der Waals surface area (Å²) in [5.41, 5.74) is 4.08. The first kappa shape index (κ1) is 16.1. The van der Waals surface area contributed by atoms with E-state index in [0.717, 1.165) is 22.7 Å². The lowest BCUT2D eigenvalue weighted by Gasteiger charge is -2.09. The molecule has 0 radical (unpaired) electrons. The Morgan fingerprint density at radius 3 is 2.92 bits per heavy atom. The second kappa shape index (κ2) is 7.17. The molecule has 0 unspecified atom stereocenters. The molecule has 5 nitrogen and oxygen atoms in total. The number of pyridine rings is 1. The molecule has 0 atom stereocenters. The highest BCUT2D eigenvalue weighted by molar-refractivity contribution is 5.77. The summed E-state index contributed by atoms with van der Waals surface area (Å²) < 4.78 is 7.55. The summed E-state index contributed by atoms with van der Waals surface area (Å²) in [6, 6.07) is 11.8. The van der Waals surface area contributed by atoms with Crippen LogP contribution in [0.3, 0.4) is 0 Å². The molecule has 5 heteroatoms. The Bertz CT molecular complexity index is 822. The second-order valence-corrected chi connectivity index (χ2v) is 5.86. The zero-order valence-electron chi connectivity index (χ0n) is 14.0. The number of rotatable bonds is 6. The number of imidazole rings is 1. The Morgan fingerprint density at radius 2 is 2.12 bits per heavy atom. The summed E-state index contributed by atoms with van der Waals surface area (Å²) in [6.45, 7) is 4.57. The zero-order valence-corrected chi connectivity index (χ0v) is 14.0. The van der Waals surface area contributed by atoms with Gasteiger partial charge < -0.3 is 14.5 Å². The summed E-state index contributed by atoms with van der Waals surface area (Å²) in [7, 11) is 0. The fraction of sp³-hybridized carbons (Fsp3) is 0.263. The normalized spacial score (nSPS) is 10.8. The Labute approximate surface area is 141 Å². The number of carbonyl (C=O) groups excluding carboxylic acids is 1. The molecular weight excluding hydrogens is 302 g/mol. The van der Waals surface area contributed by atoms with Crippen LogP contribution in [0.5, 0.6) is 5.75 Å². The number of nitrogens with one attached hydrogen (secondary N) is 1. The van der Waals surface area contributed by atoms with E-state index in [1.807, 2.05) is 67.0 Å². The van der Waals surface area contributed by atoms with E-state index in [0.29, 0.717) is 13.0 Å². The maximum Gasteiger partial charge on any atom is 0.257 e. The number of fused-ring (bicyclic) bond motifs is 1. The van der Waals surface area contributed by atoms with Crippen molar-refractivity contribution >= 4 is 11.6 Å². The second-order valence-electron chi connectivity index (χ2n) is 5.86. The number of aromatic nitrogens is 2. The molecule has 1 aromatic carbocycles. The Kier molecular flexibility index (Phi) is 4.79. The van der Waals surface area contributed by atoms with Gasteiger partial charge in [-0.3, -0.25) is 4.79 Å². The minimum atomic E-state index is -0.126. The highest BCUT2D eigenvalue weighted by atomic mass is 16.5. The first-order valence-corrected chi connectivity index (χ1v) is 8.01. The lowest BCUT2D eigenvalue weighted by atomic mass is 10.1. The smallest absolute Gasteiger partial charge is 0.257 e. The van der Waals surface area contributed by atoms with Crippen LogP contribution in [0.2, 0.25) is 0 Å². The van der Waals surface area contributed by atoms with E-state index in [9.17, 15) is 4.79 Å². The number of hydrogen-bond donors (Lipinski definition) is 1. The van der Waals surface area contributed by atoms with Crippen molar-refractivity contribution in [1.82, 2.24) is 14.7 Å². The van der Waals surface area contributed by atoms with Crippen LogP contribution >= 0.6 is 0 Å². The maximum absolute atomic E-state index is 11.9. The van der Waals surface area contributed by atoms with Gasteiger partial charge in [-0.05, 0) is 37.6 Å². The summed E-state index contributed by atoms with van der Waals surface area (Å²) in [5, 5.41) is 2.86. The third kappa shape index (κ3) is 3.93. The van der Waals surface area contributed by atoms with Crippen molar-refractivity contribution < 1.29 is 9.53 Å². The summed E-state index contributed by atoms with van der Waals surface area (Å²) in [5.74, 6) is 0.620. The van der Waals surface area contributed by atoms with Gasteiger partial charge in [-0.15, -0.1) is 0 Å². The molecule has 2 aromatic heterocycles. The Hall–Kier alpha value is -2.82. The van der Waals surface area contributed by atoms with Gasteiger partial charge in [0.25, 0.3) is 5.91 Å². The quantitative estimate of drug-likeness (QED) is 0.759. The van der Waals surface area contributed by atoms with E-state index in [4.69, 9.17) is 4.74 Å². The number of aryl methyl sites for hydroxylation is 2.